The molecule has 3 aromatic carbocycles. The van der Waals surface area contributed by atoms with Crippen molar-refractivity contribution in [1.29, 1.82) is 0 Å². The summed E-state index contributed by atoms with van der Waals surface area (Å²) in [5.74, 6) is -0.145. The van der Waals surface area contributed by atoms with E-state index in [1.54, 1.807) is 57.2 Å². The van der Waals surface area contributed by atoms with Gasteiger partial charge >= 0.3 is 5.63 Å². The number of ether oxygens (including phenoxy) is 3. The van der Waals surface area contributed by atoms with Crippen molar-refractivity contribution in [2.24, 2.45) is 0 Å². The maximum absolute atomic E-state index is 13.0. The molecule has 1 amide bonds. The molecule has 4 atom stereocenters. The first-order valence-corrected chi connectivity index (χ1v) is 12.9. The van der Waals surface area contributed by atoms with Crippen molar-refractivity contribution in [2.75, 3.05) is 12.4 Å². The molecule has 0 unspecified atom stereocenters. The lowest BCUT2D eigenvalue weighted by Crippen LogP contribution is -2.63. The van der Waals surface area contributed by atoms with Crippen molar-refractivity contribution in [3.63, 3.8) is 0 Å². The molecule has 40 heavy (non-hydrogen) atoms. The number of anilines is 1. The molecule has 0 saturated carbocycles. The first kappa shape index (κ1) is 27.5. The van der Waals surface area contributed by atoms with E-state index in [1.165, 1.54) is 7.11 Å². The van der Waals surface area contributed by atoms with Gasteiger partial charge in [-0.3, -0.25) is 4.79 Å². The van der Waals surface area contributed by atoms with Crippen LogP contribution in [0, 0.1) is 6.92 Å². The molecule has 4 aromatic rings. The second-order valence-corrected chi connectivity index (χ2v) is 10.3. The van der Waals surface area contributed by atoms with Gasteiger partial charge in [0, 0.05) is 23.6 Å². The summed E-state index contributed by atoms with van der Waals surface area (Å²) in [4.78, 5) is 25.9. The van der Waals surface area contributed by atoms with E-state index in [0.717, 1.165) is 11.1 Å². The average molecular weight is 546 g/mol. The van der Waals surface area contributed by atoms with Crippen LogP contribution in [0.1, 0.15) is 29.8 Å². The van der Waals surface area contributed by atoms with Crippen molar-refractivity contribution in [1.82, 2.24) is 0 Å². The Morgan fingerprint density at radius 2 is 1.68 bits per heavy atom. The van der Waals surface area contributed by atoms with Crippen molar-refractivity contribution in [2.45, 2.75) is 51.0 Å². The summed E-state index contributed by atoms with van der Waals surface area (Å²) in [5, 5.41) is 24.3. The van der Waals surface area contributed by atoms with Crippen LogP contribution in [0.15, 0.2) is 82.0 Å². The summed E-state index contributed by atoms with van der Waals surface area (Å²) >= 11 is 0. The summed E-state index contributed by atoms with van der Waals surface area (Å²) < 4.78 is 22.7. The van der Waals surface area contributed by atoms with Gasteiger partial charge in [0.1, 0.15) is 35.3 Å². The van der Waals surface area contributed by atoms with Crippen LogP contribution in [-0.4, -0.2) is 53.4 Å². The highest BCUT2D eigenvalue weighted by atomic mass is 16.7. The van der Waals surface area contributed by atoms with Crippen LogP contribution in [0.2, 0.25) is 0 Å². The fraction of sp³-hybridized carbons (Fsp3) is 0.290. The number of aryl methyl sites for hydroxylation is 1. The second kappa shape index (κ2) is 10.9. The molecule has 0 radical (unpaired) electrons. The number of nitrogens with one attached hydrogen (secondary N) is 1. The number of aliphatic hydroxyl groups excluding tert-OH is 2. The molecule has 1 aliphatic heterocycles. The zero-order chi connectivity index (χ0) is 28.6. The molecule has 9 heteroatoms. The van der Waals surface area contributed by atoms with Crippen LogP contribution in [-0.2, 0) is 9.47 Å². The maximum Gasteiger partial charge on any atom is 0.360 e. The summed E-state index contributed by atoms with van der Waals surface area (Å²) in [5.41, 5.74) is 1.31. The molecule has 1 aromatic heterocycles. The Morgan fingerprint density at radius 3 is 2.40 bits per heavy atom. The predicted octanol–water partition coefficient (Wildman–Crippen LogP) is 4.27. The highest BCUT2D eigenvalue weighted by Gasteiger charge is 2.50. The minimum atomic E-state index is -1.38. The number of rotatable bonds is 6. The standard InChI is InChI=1S/C31H31NO8/c1-17-23(38-30-25(34)24(33)27(37-4)31(2,3)40-30)14-13-20-16-22(29(36)39-26(17)20)32-28(35)21-12-8-11-19(15-21)18-9-6-5-7-10-18/h5-16,24-25,27,30,33-34H,1-4H3,(H,32,35)/t24-,25-,27+,30+/m0/s1. The van der Waals surface area contributed by atoms with E-state index in [-0.39, 0.29) is 11.3 Å². The van der Waals surface area contributed by atoms with E-state index >= 15 is 0 Å². The number of hydrogen-bond acceptors (Lipinski definition) is 8. The molecular formula is C31H31NO8. The normalized spacial score (nSPS) is 22.1. The monoisotopic (exact) mass is 545 g/mol. The number of methoxy groups -OCH3 is 1. The molecular weight excluding hydrogens is 514 g/mol. The molecule has 1 aliphatic rings. The zero-order valence-corrected chi connectivity index (χ0v) is 22.6. The van der Waals surface area contributed by atoms with Crippen LogP contribution in [0.4, 0.5) is 5.69 Å². The van der Waals surface area contributed by atoms with E-state index in [1.807, 2.05) is 36.4 Å². The Kier molecular flexibility index (Phi) is 7.48. The number of aliphatic hydroxyl groups is 2. The van der Waals surface area contributed by atoms with Gasteiger partial charge in [0.2, 0.25) is 6.29 Å². The van der Waals surface area contributed by atoms with Crippen molar-refractivity contribution in [3.05, 3.63) is 94.3 Å². The summed E-state index contributed by atoms with van der Waals surface area (Å²) in [6.07, 6.45) is -4.56. The van der Waals surface area contributed by atoms with Crippen molar-refractivity contribution in [3.8, 4) is 16.9 Å². The molecule has 5 rings (SSSR count). The Hall–Kier alpha value is -4.02. The van der Waals surface area contributed by atoms with E-state index in [2.05, 4.69) is 5.32 Å². The van der Waals surface area contributed by atoms with E-state index in [0.29, 0.717) is 22.3 Å². The van der Waals surface area contributed by atoms with Crippen LogP contribution in [0.3, 0.4) is 0 Å². The molecule has 208 valence electrons. The first-order chi connectivity index (χ1) is 19.1. The maximum atomic E-state index is 13.0. The van der Waals surface area contributed by atoms with Gasteiger partial charge in [-0.25, -0.2) is 4.79 Å². The van der Waals surface area contributed by atoms with Crippen LogP contribution in [0.25, 0.3) is 22.1 Å². The van der Waals surface area contributed by atoms with Gasteiger partial charge in [0.25, 0.3) is 5.91 Å². The zero-order valence-electron chi connectivity index (χ0n) is 22.6. The lowest BCUT2D eigenvalue weighted by Gasteiger charge is -2.46. The molecule has 1 fully saturated rings. The molecule has 0 spiro atoms. The van der Waals surface area contributed by atoms with E-state index in [4.69, 9.17) is 18.6 Å². The topological polar surface area (TPSA) is 127 Å². The predicted molar refractivity (Wildman–Crippen MR) is 149 cm³/mol. The average Bonchev–Trinajstić information content (AvgIpc) is 2.94. The Morgan fingerprint density at radius 1 is 0.950 bits per heavy atom. The largest absolute Gasteiger partial charge is 0.462 e. The van der Waals surface area contributed by atoms with Crippen molar-refractivity contribution >= 4 is 22.6 Å². The highest BCUT2D eigenvalue weighted by molar-refractivity contribution is 6.05. The van der Waals surface area contributed by atoms with Gasteiger partial charge in [0.15, 0.2) is 0 Å². The van der Waals surface area contributed by atoms with E-state index in [9.17, 15) is 19.8 Å². The summed E-state index contributed by atoms with van der Waals surface area (Å²) in [7, 11) is 1.43. The third-order valence-corrected chi connectivity index (χ3v) is 7.12. The lowest BCUT2D eigenvalue weighted by molar-refractivity contribution is -0.306. The Labute approximate surface area is 230 Å². The minimum Gasteiger partial charge on any atom is -0.462 e. The number of carbonyl (C=O) groups excluding carboxylic acids is 1. The second-order valence-electron chi connectivity index (χ2n) is 10.3. The fourth-order valence-corrected chi connectivity index (χ4v) is 5.02. The number of benzene rings is 3. The number of amides is 1. The molecule has 9 nitrogen and oxygen atoms in total. The van der Waals surface area contributed by atoms with Crippen LogP contribution < -0.4 is 15.7 Å². The fourth-order valence-electron chi connectivity index (χ4n) is 5.02. The van der Waals surface area contributed by atoms with Gasteiger partial charge in [-0.05, 0) is 62.2 Å². The lowest BCUT2D eigenvalue weighted by atomic mass is 9.89. The molecule has 1 saturated heterocycles. The van der Waals surface area contributed by atoms with Gasteiger partial charge < -0.3 is 34.2 Å². The summed E-state index contributed by atoms with van der Waals surface area (Å²) in [6.45, 7) is 5.15. The number of carbonyl (C=O) groups is 1. The van der Waals surface area contributed by atoms with Gasteiger partial charge in [-0.15, -0.1) is 0 Å². The molecule has 0 bridgehead atoms. The number of fused-ring (bicyclic) bond motifs is 1. The van der Waals surface area contributed by atoms with Crippen LogP contribution >= 0.6 is 0 Å². The van der Waals surface area contributed by atoms with Gasteiger partial charge in [0.05, 0.1) is 5.60 Å². The smallest absolute Gasteiger partial charge is 0.360 e. The number of hydrogen-bond donors (Lipinski definition) is 3. The quantitative estimate of drug-likeness (QED) is 0.307. The third-order valence-electron chi connectivity index (χ3n) is 7.12. The molecule has 3 N–H and O–H groups in total. The van der Waals surface area contributed by atoms with Crippen molar-refractivity contribution < 1.29 is 33.6 Å². The molecule has 0 aliphatic carbocycles. The summed E-state index contributed by atoms with van der Waals surface area (Å²) in [6, 6.07) is 21.7. The van der Waals surface area contributed by atoms with Gasteiger partial charge in [-0.1, -0.05) is 42.5 Å². The van der Waals surface area contributed by atoms with E-state index < -0.39 is 41.7 Å². The third kappa shape index (κ3) is 5.24. The van der Waals surface area contributed by atoms with Gasteiger partial charge in [-0.2, -0.15) is 0 Å². The Balaban J connectivity index is 1.38. The minimum absolute atomic E-state index is 0.00259. The van der Waals surface area contributed by atoms with Crippen LogP contribution in [0.5, 0.6) is 5.75 Å². The SMILES string of the molecule is CO[C@@H]1[C@@H](O)[C@H](O)[C@H](Oc2ccc3cc(NC(=O)c4cccc(-c5ccccc5)c4)c(=O)oc3c2C)OC1(C)C. The first-order valence-electron chi connectivity index (χ1n) is 12.9. The molecule has 2 heterocycles. The Bertz CT molecular complexity index is 1600. The highest BCUT2D eigenvalue weighted by Crippen LogP contribution is 2.35.